The van der Waals surface area contributed by atoms with E-state index in [1.54, 1.807) is 45.2 Å². The van der Waals surface area contributed by atoms with Crippen LogP contribution in [-0.4, -0.2) is 179 Å². The summed E-state index contributed by atoms with van der Waals surface area (Å²) < 4.78 is 45.7. The summed E-state index contributed by atoms with van der Waals surface area (Å²) in [5.74, 6) is -2.78. The van der Waals surface area contributed by atoms with Crippen molar-refractivity contribution in [3.63, 3.8) is 0 Å². The number of aliphatic hydroxyl groups is 1. The quantitative estimate of drug-likeness (QED) is 0.0653. The minimum Gasteiger partial charge on any atom is -0.495 e. The van der Waals surface area contributed by atoms with E-state index < -0.39 is 65.7 Å². The van der Waals surface area contributed by atoms with Gasteiger partial charge in [0.1, 0.15) is 40.7 Å². The summed E-state index contributed by atoms with van der Waals surface area (Å²) in [6.45, 7) is 9.04. The molecule has 22 heteroatoms. The summed E-state index contributed by atoms with van der Waals surface area (Å²) in [5.41, 5.74) is -1.11. The molecule has 4 heterocycles. The van der Waals surface area contributed by atoms with E-state index in [1.807, 2.05) is 13.0 Å². The molecule has 398 valence electrons. The molecule has 0 aromatic heterocycles. The average molecular weight is 1030 g/mol. The minimum absolute atomic E-state index is 0.0532. The second-order valence-corrected chi connectivity index (χ2v) is 18.8. The summed E-state index contributed by atoms with van der Waals surface area (Å²) >= 11 is 6.80. The van der Waals surface area contributed by atoms with E-state index >= 15 is 0 Å². The van der Waals surface area contributed by atoms with Crippen LogP contribution in [0.4, 0.5) is 10.5 Å². The Hall–Kier alpha value is -5.42. The van der Waals surface area contributed by atoms with Gasteiger partial charge in [0.2, 0.25) is 17.7 Å². The molecule has 0 spiro atoms. The summed E-state index contributed by atoms with van der Waals surface area (Å²) in [5, 5.41) is 17.3. The van der Waals surface area contributed by atoms with Crippen molar-refractivity contribution in [1.29, 1.82) is 0 Å². The molecular formula is C50H70ClN5O16. The number of benzene rings is 1. The maximum absolute atomic E-state index is 14.3. The van der Waals surface area contributed by atoms with Crippen LogP contribution >= 0.6 is 11.6 Å². The van der Waals surface area contributed by atoms with Crippen molar-refractivity contribution in [3.05, 3.63) is 58.7 Å². The van der Waals surface area contributed by atoms with E-state index in [0.29, 0.717) is 57.1 Å². The normalized spacial score (nSPS) is 27.0. The van der Waals surface area contributed by atoms with Crippen molar-refractivity contribution >= 4 is 58.9 Å². The zero-order valence-electron chi connectivity index (χ0n) is 42.4. The van der Waals surface area contributed by atoms with Crippen LogP contribution in [0.5, 0.6) is 5.75 Å². The van der Waals surface area contributed by atoms with E-state index in [2.05, 4.69) is 10.6 Å². The number of amides is 6. The number of likely N-dealkylation sites (N-methyl/N-ethyl adjacent to an activating group) is 1. The fraction of sp³-hybridized carbons (Fsp3) is 0.620. The smallest absolute Gasteiger partial charge is 0.409 e. The summed E-state index contributed by atoms with van der Waals surface area (Å²) in [6.07, 6.45) is 3.98. The first-order valence-corrected chi connectivity index (χ1v) is 24.5. The molecule has 6 amide bonds. The van der Waals surface area contributed by atoms with Crippen LogP contribution in [0.1, 0.15) is 71.8 Å². The Bertz CT molecular complexity index is 2210. The molecule has 0 radical (unpaired) electrons. The zero-order valence-corrected chi connectivity index (χ0v) is 43.2. The first-order chi connectivity index (χ1) is 34.2. The SMILES string of the molecule is COc1cc2cc(c1Cl)N(C)C(=O)C[C@H](OC(=O)[C@H](C)N(C)C(=O)CCCCC(=O)NCCOCCOCCOCCN1C(=O)C=CC1=O)[C@]1(C)O[C@H]1[C@H](C)[C@@H]1C[C@@](O)(NC(=O)O1)[C@H](OC)/C=C/C=C(\C)C2. The van der Waals surface area contributed by atoms with Crippen LogP contribution < -0.4 is 20.3 Å². The molecule has 72 heavy (non-hydrogen) atoms. The molecule has 4 aliphatic rings. The van der Waals surface area contributed by atoms with E-state index in [-0.39, 0.29) is 80.6 Å². The molecule has 4 bridgehead atoms. The lowest BCUT2D eigenvalue weighted by Crippen LogP contribution is -2.63. The van der Waals surface area contributed by atoms with Gasteiger partial charge in [0, 0.05) is 65.1 Å². The predicted molar refractivity (Wildman–Crippen MR) is 261 cm³/mol. The van der Waals surface area contributed by atoms with Crippen molar-refractivity contribution in [2.75, 3.05) is 85.9 Å². The number of carbonyl (C=O) groups is 7. The minimum atomic E-state index is -1.87. The van der Waals surface area contributed by atoms with Gasteiger partial charge in [0.05, 0.1) is 71.5 Å². The highest BCUT2D eigenvalue weighted by Crippen LogP contribution is 2.49. The highest BCUT2D eigenvalue weighted by molar-refractivity contribution is 6.35. The highest BCUT2D eigenvalue weighted by atomic mass is 35.5. The number of ether oxygens (including phenoxy) is 8. The Kier molecular flexibility index (Phi) is 21.2. The summed E-state index contributed by atoms with van der Waals surface area (Å²) in [6, 6.07) is 2.46. The first kappa shape index (κ1) is 57.5. The van der Waals surface area contributed by atoms with Gasteiger partial charge in [-0.3, -0.25) is 34.2 Å². The lowest BCUT2D eigenvalue weighted by Gasteiger charge is -2.42. The Morgan fingerprint density at radius 2 is 1.65 bits per heavy atom. The van der Waals surface area contributed by atoms with Crippen LogP contribution in [0.3, 0.4) is 0 Å². The molecule has 1 aromatic carbocycles. The number of esters is 1. The molecule has 1 aromatic rings. The fourth-order valence-corrected chi connectivity index (χ4v) is 8.97. The summed E-state index contributed by atoms with van der Waals surface area (Å²) in [7, 11) is 5.92. The van der Waals surface area contributed by atoms with Gasteiger partial charge in [-0.05, 0) is 57.7 Å². The number of carbonyl (C=O) groups excluding carboxylic acids is 7. The molecule has 2 saturated heterocycles. The number of halogens is 1. The molecule has 0 aliphatic carbocycles. The number of epoxide rings is 1. The third-order valence-corrected chi connectivity index (χ3v) is 13.6. The van der Waals surface area contributed by atoms with Crippen LogP contribution in [0.25, 0.3) is 0 Å². The first-order valence-electron chi connectivity index (χ1n) is 24.1. The molecule has 0 saturated carbocycles. The van der Waals surface area contributed by atoms with Gasteiger partial charge in [-0.25, -0.2) is 9.59 Å². The lowest BCUT2D eigenvalue weighted by molar-refractivity contribution is -0.162. The lowest BCUT2D eigenvalue weighted by atomic mass is 9.83. The predicted octanol–water partition coefficient (Wildman–Crippen LogP) is 3.17. The van der Waals surface area contributed by atoms with Gasteiger partial charge in [0.25, 0.3) is 11.8 Å². The topological polar surface area (TPSA) is 251 Å². The number of methoxy groups -OCH3 is 2. The van der Waals surface area contributed by atoms with Gasteiger partial charge in [-0.15, -0.1) is 0 Å². The van der Waals surface area contributed by atoms with Crippen LogP contribution in [-0.2, 0) is 68.3 Å². The molecule has 2 fully saturated rings. The van der Waals surface area contributed by atoms with Gasteiger partial charge in [-0.1, -0.05) is 42.3 Å². The largest absolute Gasteiger partial charge is 0.495 e. The number of allylic oxidation sites excluding steroid dienone is 3. The number of hydrogen-bond acceptors (Lipinski definition) is 16. The maximum Gasteiger partial charge on any atom is 0.409 e. The Labute approximate surface area is 425 Å². The summed E-state index contributed by atoms with van der Waals surface area (Å²) in [4.78, 5) is 93.8. The number of rotatable bonds is 22. The molecular weight excluding hydrogens is 962 g/mol. The third-order valence-electron chi connectivity index (χ3n) is 13.2. The maximum atomic E-state index is 14.3. The molecule has 5 rings (SSSR count). The van der Waals surface area contributed by atoms with Crippen LogP contribution in [0.15, 0.2) is 48.1 Å². The molecule has 4 aliphatic heterocycles. The van der Waals surface area contributed by atoms with E-state index in [4.69, 9.17) is 49.5 Å². The zero-order chi connectivity index (χ0) is 52.8. The molecule has 21 nitrogen and oxygen atoms in total. The van der Waals surface area contributed by atoms with Crippen molar-refractivity contribution in [3.8, 4) is 5.75 Å². The Morgan fingerprint density at radius 1 is 1.00 bits per heavy atom. The molecule has 3 N–H and O–H groups in total. The number of anilines is 1. The van der Waals surface area contributed by atoms with Crippen molar-refractivity contribution in [2.24, 2.45) is 5.92 Å². The van der Waals surface area contributed by atoms with Crippen molar-refractivity contribution in [2.45, 2.75) is 114 Å². The standard InChI is InChI=1S/C50H70ClN5O16/c1-31-12-11-13-38(66-8)50(64)30-37(70-48(63)53-50)32(2)46-49(4,72-46)39(29-44(61)55(6)35-27-34(26-31)28-36(65-7)45(35)51)71-47(62)33(3)54(5)41(58)15-10-9-14-40(57)52-18-20-67-22-24-69-25-23-68-21-19-56-42(59)16-17-43(56)60/h11-13,16-17,27-28,32-33,37-39,46,64H,9-10,14-15,18-26,29-30H2,1-8H3,(H,52,57)(H,53,63)/b13-11+,31-12+/t32-,33+,37+,38-,39+,46+,49+,50+/m1/s1. The van der Waals surface area contributed by atoms with E-state index in [1.165, 1.54) is 50.1 Å². The van der Waals surface area contributed by atoms with Gasteiger partial charge in [-0.2, -0.15) is 0 Å². The highest BCUT2D eigenvalue weighted by Gasteiger charge is 2.64. The third kappa shape index (κ3) is 15.3. The Balaban J connectivity index is 1.13. The number of imide groups is 1. The molecule has 8 atom stereocenters. The van der Waals surface area contributed by atoms with Crippen LogP contribution in [0.2, 0.25) is 5.02 Å². The van der Waals surface area contributed by atoms with E-state index in [0.717, 1.165) is 16.0 Å². The van der Waals surface area contributed by atoms with Gasteiger partial charge in [0.15, 0.2) is 5.72 Å². The Morgan fingerprint density at radius 3 is 2.32 bits per heavy atom. The second kappa shape index (κ2) is 26.5. The van der Waals surface area contributed by atoms with E-state index in [9.17, 15) is 38.7 Å². The van der Waals surface area contributed by atoms with Gasteiger partial charge < -0.3 is 58.1 Å². The average Bonchev–Trinajstić information content (AvgIpc) is 3.94. The van der Waals surface area contributed by atoms with Crippen LogP contribution in [0, 0.1) is 5.92 Å². The van der Waals surface area contributed by atoms with Crippen molar-refractivity contribution < 1.29 is 76.6 Å². The second-order valence-electron chi connectivity index (χ2n) is 18.5. The van der Waals surface area contributed by atoms with Gasteiger partial charge >= 0.3 is 12.1 Å². The number of hydrogen-bond donors (Lipinski definition) is 3. The number of alkyl carbamates (subject to hydrolysis) is 1. The fourth-order valence-electron chi connectivity index (χ4n) is 8.66. The monoisotopic (exact) mass is 1030 g/mol. The number of nitrogens with one attached hydrogen (secondary N) is 2. The number of nitrogens with zero attached hydrogens (tertiary/aromatic N) is 3. The number of unbranched alkanes of at least 4 members (excludes halogenated alkanes) is 1. The molecule has 0 unspecified atom stereocenters. The van der Waals surface area contributed by atoms with Crippen molar-refractivity contribution in [1.82, 2.24) is 20.4 Å². The number of fused-ring (bicyclic) bond motifs is 5.